The van der Waals surface area contributed by atoms with Crippen LogP contribution in [0.2, 0.25) is 5.02 Å². The third-order valence-electron chi connectivity index (χ3n) is 3.98. The summed E-state index contributed by atoms with van der Waals surface area (Å²) in [7, 11) is 0. The van der Waals surface area contributed by atoms with Crippen LogP contribution < -0.4 is 5.56 Å². The number of halogens is 1. The van der Waals surface area contributed by atoms with Gasteiger partial charge in [0.05, 0.1) is 19.1 Å². The Labute approximate surface area is 137 Å². The molecule has 1 saturated heterocycles. The quantitative estimate of drug-likeness (QED) is 0.891. The van der Waals surface area contributed by atoms with Crippen LogP contribution in [0.5, 0.6) is 0 Å². The number of aromatic nitrogens is 1. The van der Waals surface area contributed by atoms with E-state index < -0.39 is 11.9 Å². The molecule has 2 aromatic rings. The SMILES string of the molecule is O=C(O)C1COCCN(Cc2cc3ccc(Cl)cc3[nH]c2=O)C1. The molecular formula is C16H17ClN2O4. The number of hydrogen-bond acceptors (Lipinski definition) is 4. The van der Waals surface area contributed by atoms with Gasteiger partial charge in [-0.3, -0.25) is 14.5 Å². The summed E-state index contributed by atoms with van der Waals surface area (Å²) in [6, 6.07) is 7.16. The summed E-state index contributed by atoms with van der Waals surface area (Å²) in [5.74, 6) is -1.45. The zero-order valence-electron chi connectivity index (χ0n) is 12.4. The molecule has 0 radical (unpaired) electrons. The monoisotopic (exact) mass is 336 g/mol. The summed E-state index contributed by atoms with van der Waals surface area (Å²) in [5, 5.41) is 10.6. The summed E-state index contributed by atoms with van der Waals surface area (Å²) in [6.07, 6.45) is 0. The van der Waals surface area contributed by atoms with Crippen molar-refractivity contribution >= 4 is 28.5 Å². The minimum atomic E-state index is -0.876. The van der Waals surface area contributed by atoms with E-state index in [1.54, 1.807) is 12.1 Å². The van der Waals surface area contributed by atoms with Crippen molar-refractivity contribution in [3.05, 3.63) is 45.2 Å². The number of carboxylic acids is 1. The maximum Gasteiger partial charge on any atom is 0.310 e. The summed E-state index contributed by atoms with van der Waals surface area (Å²) >= 11 is 5.93. The average molecular weight is 337 g/mol. The smallest absolute Gasteiger partial charge is 0.310 e. The van der Waals surface area contributed by atoms with Crippen LogP contribution in [0, 0.1) is 5.92 Å². The van der Waals surface area contributed by atoms with Crippen LogP contribution in [0.25, 0.3) is 10.9 Å². The Bertz CT molecular complexity index is 789. The highest BCUT2D eigenvalue weighted by molar-refractivity contribution is 6.31. The van der Waals surface area contributed by atoms with E-state index in [2.05, 4.69) is 4.98 Å². The van der Waals surface area contributed by atoms with Crippen LogP contribution in [-0.2, 0) is 16.1 Å². The molecule has 1 aliphatic rings. The van der Waals surface area contributed by atoms with Crippen molar-refractivity contribution in [1.82, 2.24) is 9.88 Å². The molecule has 0 bridgehead atoms. The third kappa shape index (κ3) is 3.72. The fourth-order valence-corrected chi connectivity index (χ4v) is 2.92. The van der Waals surface area contributed by atoms with Gasteiger partial charge in [-0.1, -0.05) is 17.7 Å². The van der Waals surface area contributed by atoms with Gasteiger partial charge in [-0.25, -0.2) is 0 Å². The molecule has 7 heteroatoms. The zero-order valence-corrected chi connectivity index (χ0v) is 13.2. The fourth-order valence-electron chi connectivity index (χ4n) is 2.74. The average Bonchev–Trinajstić information content (AvgIpc) is 2.74. The van der Waals surface area contributed by atoms with E-state index in [4.69, 9.17) is 16.3 Å². The van der Waals surface area contributed by atoms with Gasteiger partial charge in [0.15, 0.2) is 0 Å². The topological polar surface area (TPSA) is 82.6 Å². The third-order valence-corrected chi connectivity index (χ3v) is 4.21. The predicted molar refractivity (Wildman–Crippen MR) is 86.8 cm³/mol. The Kier molecular flexibility index (Phi) is 4.66. The van der Waals surface area contributed by atoms with Crippen molar-refractivity contribution in [2.45, 2.75) is 6.54 Å². The predicted octanol–water partition coefficient (Wildman–Crippen LogP) is 1.71. The fraction of sp³-hybridized carbons (Fsp3) is 0.375. The number of pyridine rings is 1. The van der Waals surface area contributed by atoms with Crippen molar-refractivity contribution in [3.8, 4) is 0 Å². The molecule has 122 valence electrons. The molecule has 1 aliphatic heterocycles. The molecule has 3 rings (SSSR count). The van der Waals surface area contributed by atoms with Gasteiger partial charge in [0.2, 0.25) is 0 Å². The maximum atomic E-state index is 12.2. The number of rotatable bonds is 3. The van der Waals surface area contributed by atoms with Gasteiger partial charge in [-0.15, -0.1) is 0 Å². The Hall–Kier alpha value is -1.89. The zero-order chi connectivity index (χ0) is 16.4. The first kappa shape index (κ1) is 16.0. The normalized spacial score (nSPS) is 19.6. The van der Waals surface area contributed by atoms with Crippen molar-refractivity contribution in [2.24, 2.45) is 5.92 Å². The number of hydrogen-bond donors (Lipinski definition) is 2. The Balaban J connectivity index is 1.85. The lowest BCUT2D eigenvalue weighted by Gasteiger charge is -2.21. The standard InChI is InChI=1S/C16H17ClN2O4/c17-13-2-1-10-5-11(15(20)18-14(10)6-13)7-19-3-4-23-9-12(8-19)16(21)22/h1-2,5-6,12H,3-4,7-9H2,(H,18,20)(H,21,22). The van der Waals surface area contributed by atoms with E-state index in [9.17, 15) is 14.7 Å². The van der Waals surface area contributed by atoms with E-state index >= 15 is 0 Å². The second-order valence-corrected chi connectivity index (χ2v) is 6.14. The number of nitrogens with zero attached hydrogens (tertiary/aromatic N) is 1. The molecule has 6 nitrogen and oxygen atoms in total. The molecule has 23 heavy (non-hydrogen) atoms. The molecule has 1 fully saturated rings. The Morgan fingerprint density at radius 2 is 2.26 bits per heavy atom. The van der Waals surface area contributed by atoms with Gasteiger partial charge in [-0.2, -0.15) is 0 Å². The molecular weight excluding hydrogens is 320 g/mol. The molecule has 1 aromatic carbocycles. The van der Waals surface area contributed by atoms with Crippen LogP contribution >= 0.6 is 11.6 Å². The minimum absolute atomic E-state index is 0.184. The van der Waals surface area contributed by atoms with Crippen LogP contribution in [0.4, 0.5) is 0 Å². The molecule has 1 aromatic heterocycles. The molecule has 0 amide bonds. The van der Waals surface area contributed by atoms with E-state index in [0.717, 1.165) is 5.39 Å². The van der Waals surface area contributed by atoms with E-state index in [0.29, 0.717) is 42.3 Å². The van der Waals surface area contributed by atoms with Crippen molar-refractivity contribution < 1.29 is 14.6 Å². The van der Waals surface area contributed by atoms with Gasteiger partial charge >= 0.3 is 5.97 Å². The van der Waals surface area contributed by atoms with Crippen LogP contribution in [-0.4, -0.2) is 47.3 Å². The number of nitrogens with one attached hydrogen (secondary N) is 1. The van der Waals surface area contributed by atoms with Gasteiger partial charge in [0, 0.05) is 35.7 Å². The number of fused-ring (bicyclic) bond motifs is 1. The molecule has 2 N–H and O–H groups in total. The van der Waals surface area contributed by atoms with E-state index in [1.807, 2.05) is 17.0 Å². The lowest BCUT2D eigenvalue weighted by atomic mass is 10.1. The second-order valence-electron chi connectivity index (χ2n) is 5.70. The molecule has 0 spiro atoms. The lowest BCUT2D eigenvalue weighted by Crippen LogP contribution is -2.34. The van der Waals surface area contributed by atoms with Gasteiger partial charge in [0.25, 0.3) is 5.56 Å². The van der Waals surface area contributed by atoms with Gasteiger partial charge < -0.3 is 14.8 Å². The first-order valence-corrected chi connectivity index (χ1v) is 7.75. The van der Waals surface area contributed by atoms with Crippen LogP contribution in [0.3, 0.4) is 0 Å². The van der Waals surface area contributed by atoms with Crippen LogP contribution in [0.1, 0.15) is 5.56 Å². The summed E-state index contributed by atoms with van der Waals surface area (Å²) in [5.41, 5.74) is 1.11. The van der Waals surface area contributed by atoms with Gasteiger partial charge in [0.1, 0.15) is 0 Å². The van der Waals surface area contributed by atoms with Crippen molar-refractivity contribution in [1.29, 1.82) is 0 Å². The maximum absolute atomic E-state index is 12.2. The minimum Gasteiger partial charge on any atom is -0.481 e. The summed E-state index contributed by atoms with van der Waals surface area (Å²) in [4.78, 5) is 28.2. The highest BCUT2D eigenvalue weighted by Gasteiger charge is 2.24. The molecule has 0 aliphatic carbocycles. The van der Waals surface area contributed by atoms with Crippen LogP contribution in [0.15, 0.2) is 29.1 Å². The number of benzene rings is 1. The molecule has 2 heterocycles. The number of carboxylic acid groups (broad SMARTS) is 1. The van der Waals surface area contributed by atoms with Gasteiger partial charge in [-0.05, 0) is 23.6 Å². The second kappa shape index (κ2) is 6.70. The number of aliphatic carboxylic acids is 1. The van der Waals surface area contributed by atoms with Crippen molar-refractivity contribution in [2.75, 3.05) is 26.3 Å². The number of ether oxygens (including phenoxy) is 1. The van der Waals surface area contributed by atoms with E-state index in [-0.39, 0.29) is 12.2 Å². The molecule has 1 atom stereocenters. The molecule has 1 unspecified atom stereocenters. The highest BCUT2D eigenvalue weighted by atomic mass is 35.5. The summed E-state index contributed by atoms with van der Waals surface area (Å²) in [6.45, 7) is 2.03. The summed E-state index contributed by atoms with van der Waals surface area (Å²) < 4.78 is 5.33. The first-order chi connectivity index (χ1) is 11.0. The highest BCUT2D eigenvalue weighted by Crippen LogP contribution is 2.18. The lowest BCUT2D eigenvalue weighted by molar-refractivity contribution is -0.143. The van der Waals surface area contributed by atoms with E-state index in [1.165, 1.54) is 0 Å². The van der Waals surface area contributed by atoms with Crippen molar-refractivity contribution in [3.63, 3.8) is 0 Å². The number of carbonyl (C=O) groups is 1. The largest absolute Gasteiger partial charge is 0.481 e. The number of H-pyrrole nitrogens is 1. The Morgan fingerprint density at radius 3 is 3.04 bits per heavy atom. The first-order valence-electron chi connectivity index (χ1n) is 7.37. The molecule has 0 saturated carbocycles. The number of aromatic amines is 1. The Morgan fingerprint density at radius 1 is 1.43 bits per heavy atom.